The third-order valence-electron chi connectivity index (χ3n) is 3.57. The summed E-state index contributed by atoms with van der Waals surface area (Å²) in [6, 6.07) is 15.3. The molecule has 0 aliphatic rings. The van der Waals surface area contributed by atoms with E-state index < -0.39 is 0 Å². The molecule has 1 unspecified atom stereocenters. The Balaban J connectivity index is 1.78. The Morgan fingerprint density at radius 2 is 1.95 bits per heavy atom. The molecule has 2 heteroatoms. The highest BCUT2D eigenvalue weighted by Gasteiger charge is 2.10. The van der Waals surface area contributed by atoms with Gasteiger partial charge in [-0.3, -0.25) is 0 Å². The lowest BCUT2D eigenvalue weighted by molar-refractivity contribution is 0.417. The second-order valence-electron chi connectivity index (χ2n) is 5.31. The van der Waals surface area contributed by atoms with Crippen LogP contribution < -0.4 is 5.32 Å². The SMILES string of the molecule is CCCNC(CCCc1ccccc1)Cc1ccco1. The van der Waals surface area contributed by atoms with Gasteiger partial charge in [0.1, 0.15) is 5.76 Å². The smallest absolute Gasteiger partial charge is 0.105 e. The van der Waals surface area contributed by atoms with Gasteiger partial charge in [0.25, 0.3) is 0 Å². The molecular formula is C18H25NO. The van der Waals surface area contributed by atoms with Crippen LogP contribution in [0.15, 0.2) is 53.1 Å². The van der Waals surface area contributed by atoms with Crippen LogP contribution in [-0.4, -0.2) is 12.6 Å². The van der Waals surface area contributed by atoms with Crippen molar-refractivity contribution >= 4 is 0 Å². The molecule has 0 saturated heterocycles. The minimum atomic E-state index is 0.518. The Kier molecular flexibility index (Phi) is 6.39. The average molecular weight is 271 g/mol. The second kappa shape index (κ2) is 8.60. The molecule has 2 rings (SSSR count). The third kappa shape index (κ3) is 5.22. The van der Waals surface area contributed by atoms with E-state index in [-0.39, 0.29) is 0 Å². The van der Waals surface area contributed by atoms with Crippen molar-refractivity contribution in [3.05, 3.63) is 60.1 Å². The maximum Gasteiger partial charge on any atom is 0.105 e. The molecule has 108 valence electrons. The predicted molar refractivity (Wildman–Crippen MR) is 83.9 cm³/mol. The summed E-state index contributed by atoms with van der Waals surface area (Å²) < 4.78 is 5.47. The molecule has 2 nitrogen and oxygen atoms in total. The van der Waals surface area contributed by atoms with Gasteiger partial charge >= 0.3 is 0 Å². The quantitative estimate of drug-likeness (QED) is 0.739. The highest BCUT2D eigenvalue weighted by Crippen LogP contribution is 2.11. The summed E-state index contributed by atoms with van der Waals surface area (Å²) in [5, 5.41) is 3.63. The fourth-order valence-corrected chi connectivity index (χ4v) is 2.49. The van der Waals surface area contributed by atoms with Gasteiger partial charge in [-0.25, -0.2) is 0 Å². The molecule has 1 aromatic heterocycles. The van der Waals surface area contributed by atoms with E-state index in [9.17, 15) is 0 Å². The van der Waals surface area contributed by atoms with Gasteiger partial charge in [0.15, 0.2) is 0 Å². The summed E-state index contributed by atoms with van der Waals surface area (Å²) in [6.45, 7) is 3.29. The number of aryl methyl sites for hydroxylation is 1. The minimum absolute atomic E-state index is 0.518. The van der Waals surface area contributed by atoms with Gasteiger partial charge in [0.2, 0.25) is 0 Å². The van der Waals surface area contributed by atoms with Crippen molar-refractivity contribution in [3.63, 3.8) is 0 Å². The highest BCUT2D eigenvalue weighted by atomic mass is 16.3. The summed E-state index contributed by atoms with van der Waals surface area (Å²) >= 11 is 0. The van der Waals surface area contributed by atoms with Crippen molar-refractivity contribution in [1.29, 1.82) is 0 Å². The molecule has 1 atom stereocenters. The van der Waals surface area contributed by atoms with Gasteiger partial charge in [-0.1, -0.05) is 37.3 Å². The van der Waals surface area contributed by atoms with Crippen molar-refractivity contribution in [2.24, 2.45) is 0 Å². The summed E-state index contributed by atoms with van der Waals surface area (Å²) in [5.41, 5.74) is 1.43. The molecule has 1 N–H and O–H groups in total. The van der Waals surface area contributed by atoms with E-state index in [0.717, 1.165) is 25.1 Å². The summed E-state index contributed by atoms with van der Waals surface area (Å²) in [5.74, 6) is 1.08. The first-order valence-electron chi connectivity index (χ1n) is 7.68. The second-order valence-corrected chi connectivity index (χ2v) is 5.31. The summed E-state index contributed by atoms with van der Waals surface area (Å²) in [6.07, 6.45) is 7.48. The van der Waals surface area contributed by atoms with E-state index in [1.165, 1.54) is 24.8 Å². The molecule has 0 fully saturated rings. The fraction of sp³-hybridized carbons (Fsp3) is 0.444. The normalized spacial score (nSPS) is 12.4. The number of hydrogen-bond donors (Lipinski definition) is 1. The first-order valence-corrected chi connectivity index (χ1v) is 7.68. The number of hydrogen-bond acceptors (Lipinski definition) is 2. The molecule has 0 aliphatic carbocycles. The zero-order valence-corrected chi connectivity index (χ0v) is 12.3. The van der Waals surface area contributed by atoms with Crippen LogP contribution in [0.4, 0.5) is 0 Å². The Bertz CT molecular complexity index is 450. The standard InChI is InChI=1S/C18H25NO/c1-2-13-19-17(15-18-12-7-14-20-18)11-6-10-16-8-4-3-5-9-16/h3-5,7-9,12,14,17,19H,2,6,10-11,13,15H2,1H3. The minimum Gasteiger partial charge on any atom is -0.469 e. The van der Waals surface area contributed by atoms with Gasteiger partial charge in [-0.05, 0) is 49.9 Å². The van der Waals surface area contributed by atoms with E-state index >= 15 is 0 Å². The Hall–Kier alpha value is -1.54. The highest BCUT2D eigenvalue weighted by molar-refractivity contribution is 5.14. The molecule has 0 amide bonds. The van der Waals surface area contributed by atoms with E-state index in [4.69, 9.17) is 4.42 Å². The molecule has 0 bridgehead atoms. The van der Waals surface area contributed by atoms with Crippen LogP contribution in [0.1, 0.15) is 37.5 Å². The monoisotopic (exact) mass is 271 g/mol. The summed E-state index contributed by atoms with van der Waals surface area (Å²) in [4.78, 5) is 0. The zero-order chi connectivity index (χ0) is 14.0. The first kappa shape index (κ1) is 14.9. The number of nitrogens with one attached hydrogen (secondary N) is 1. The fourth-order valence-electron chi connectivity index (χ4n) is 2.49. The molecule has 1 aromatic carbocycles. The van der Waals surface area contributed by atoms with Crippen LogP contribution in [0.3, 0.4) is 0 Å². The van der Waals surface area contributed by atoms with Gasteiger partial charge in [0.05, 0.1) is 6.26 Å². The number of rotatable bonds is 9. The maximum atomic E-state index is 5.47. The molecule has 1 heterocycles. The number of furan rings is 1. The molecule has 0 aliphatic heterocycles. The topological polar surface area (TPSA) is 25.2 Å². The summed E-state index contributed by atoms with van der Waals surface area (Å²) in [7, 11) is 0. The molecule has 0 saturated carbocycles. The van der Waals surface area contributed by atoms with Gasteiger partial charge in [-0.2, -0.15) is 0 Å². The molecule has 2 aromatic rings. The zero-order valence-electron chi connectivity index (χ0n) is 12.3. The van der Waals surface area contributed by atoms with Crippen molar-refractivity contribution in [3.8, 4) is 0 Å². The lowest BCUT2D eigenvalue weighted by Gasteiger charge is -2.17. The largest absolute Gasteiger partial charge is 0.469 e. The van der Waals surface area contributed by atoms with Crippen molar-refractivity contribution < 1.29 is 4.42 Å². The molecule has 0 radical (unpaired) electrons. The van der Waals surface area contributed by atoms with Crippen LogP contribution in [0.25, 0.3) is 0 Å². The van der Waals surface area contributed by atoms with Gasteiger partial charge in [-0.15, -0.1) is 0 Å². The van der Waals surface area contributed by atoms with Gasteiger partial charge in [0, 0.05) is 12.5 Å². The molecular weight excluding hydrogens is 246 g/mol. The molecule has 0 spiro atoms. The van der Waals surface area contributed by atoms with Crippen LogP contribution in [0.2, 0.25) is 0 Å². The van der Waals surface area contributed by atoms with Crippen LogP contribution in [0.5, 0.6) is 0 Å². The van der Waals surface area contributed by atoms with Crippen LogP contribution in [0, 0.1) is 0 Å². The van der Waals surface area contributed by atoms with Crippen molar-refractivity contribution in [2.75, 3.05) is 6.54 Å². The van der Waals surface area contributed by atoms with Crippen LogP contribution in [-0.2, 0) is 12.8 Å². The number of benzene rings is 1. The van der Waals surface area contributed by atoms with E-state index in [1.54, 1.807) is 6.26 Å². The first-order chi connectivity index (χ1) is 9.88. The van der Waals surface area contributed by atoms with E-state index in [0.29, 0.717) is 6.04 Å². The van der Waals surface area contributed by atoms with Gasteiger partial charge < -0.3 is 9.73 Å². The Morgan fingerprint density at radius 3 is 2.65 bits per heavy atom. The van der Waals surface area contributed by atoms with Crippen molar-refractivity contribution in [1.82, 2.24) is 5.32 Å². The van der Waals surface area contributed by atoms with E-state index in [2.05, 4.69) is 48.6 Å². The third-order valence-corrected chi connectivity index (χ3v) is 3.57. The lowest BCUT2D eigenvalue weighted by Crippen LogP contribution is -2.31. The van der Waals surface area contributed by atoms with E-state index in [1.807, 2.05) is 6.07 Å². The van der Waals surface area contributed by atoms with Crippen molar-refractivity contribution in [2.45, 2.75) is 45.1 Å². The maximum absolute atomic E-state index is 5.47. The average Bonchev–Trinajstić information content (AvgIpc) is 2.98. The van der Waals surface area contributed by atoms with Crippen LogP contribution >= 0.6 is 0 Å². The molecule has 20 heavy (non-hydrogen) atoms. The Labute approximate surface area is 122 Å². The Morgan fingerprint density at radius 1 is 1.10 bits per heavy atom. The lowest BCUT2D eigenvalue weighted by atomic mass is 10.0. The predicted octanol–water partition coefficient (Wildman–Crippen LogP) is 4.21.